The second kappa shape index (κ2) is 8.56. The number of piperidine rings is 1. The number of amides is 2. The number of rotatable bonds is 7. The maximum atomic E-state index is 12.1. The number of ether oxygens (including phenoxy) is 1. The summed E-state index contributed by atoms with van der Waals surface area (Å²) < 4.78 is 5.61. The molecule has 126 valence electrons. The van der Waals surface area contributed by atoms with Crippen LogP contribution in [0.1, 0.15) is 38.7 Å². The van der Waals surface area contributed by atoms with E-state index in [9.17, 15) is 9.59 Å². The molecule has 0 spiro atoms. The van der Waals surface area contributed by atoms with Crippen LogP contribution >= 0.6 is 0 Å². The average Bonchev–Trinajstić information content (AvgIpc) is 2.52. The molecule has 5 nitrogen and oxygen atoms in total. The van der Waals surface area contributed by atoms with E-state index in [0.29, 0.717) is 26.0 Å². The van der Waals surface area contributed by atoms with E-state index in [1.165, 1.54) is 0 Å². The predicted molar refractivity (Wildman–Crippen MR) is 89.3 cm³/mol. The zero-order valence-electron chi connectivity index (χ0n) is 13.9. The van der Waals surface area contributed by atoms with Crippen LogP contribution < -0.4 is 15.4 Å². The molecule has 2 rings (SSSR count). The van der Waals surface area contributed by atoms with Gasteiger partial charge in [-0.05, 0) is 42.9 Å². The van der Waals surface area contributed by atoms with E-state index in [0.717, 1.165) is 24.2 Å². The van der Waals surface area contributed by atoms with Crippen molar-refractivity contribution in [2.24, 2.45) is 5.92 Å². The molecule has 5 heteroatoms. The highest BCUT2D eigenvalue weighted by atomic mass is 16.5. The first-order valence-corrected chi connectivity index (χ1v) is 8.37. The molecule has 0 radical (unpaired) electrons. The second-order valence-corrected chi connectivity index (χ2v) is 6.20. The van der Waals surface area contributed by atoms with Crippen LogP contribution in [0, 0.1) is 5.92 Å². The lowest BCUT2D eigenvalue weighted by molar-refractivity contribution is -0.132. The molecule has 1 aliphatic rings. The molecule has 2 N–H and O–H groups in total. The van der Waals surface area contributed by atoms with Crippen LogP contribution in [0.4, 0.5) is 0 Å². The van der Waals surface area contributed by atoms with Crippen LogP contribution in [0.25, 0.3) is 0 Å². The third-order valence-corrected chi connectivity index (χ3v) is 3.91. The fraction of sp³-hybridized carbons (Fsp3) is 0.556. The molecule has 1 fully saturated rings. The number of hydrogen-bond donors (Lipinski definition) is 2. The summed E-state index contributed by atoms with van der Waals surface area (Å²) in [6, 6.07) is 7.54. The van der Waals surface area contributed by atoms with Crippen LogP contribution in [-0.2, 0) is 16.0 Å². The average molecular weight is 318 g/mol. The summed E-state index contributed by atoms with van der Waals surface area (Å²) in [5.41, 5.74) is 1.12. The number of carbonyl (C=O) groups is 2. The van der Waals surface area contributed by atoms with Crippen molar-refractivity contribution in [2.75, 3.05) is 13.2 Å². The number of hydrogen-bond acceptors (Lipinski definition) is 3. The standard InChI is InChI=1S/C18H26N2O3/c1-3-9-23-15-6-4-5-14(12-15)7-8-19-18(22)16-10-13(2)11-17(21)20-16/h4-6,12-13,16H,3,7-11H2,1-2H3,(H,19,22)(H,20,21)/t13-,16-/m0/s1. The molecule has 0 saturated carbocycles. The molecule has 0 unspecified atom stereocenters. The fourth-order valence-corrected chi connectivity index (χ4v) is 2.75. The van der Waals surface area contributed by atoms with Gasteiger partial charge >= 0.3 is 0 Å². The Labute approximate surface area is 137 Å². The van der Waals surface area contributed by atoms with Gasteiger partial charge < -0.3 is 15.4 Å². The Hall–Kier alpha value is -2.04. The van der Waals surface area contributed by atoms with Gasteiger partial charge in [0, 0.05) is 13.0 Å². The second-order valence-electron chi connectivity index (χ2n) is 6.20. The third-order valence-electron chi connectivity index (χ3n) is 3.91. The van der Waals surface area contributed by atoms with Crippen molar-refractivity contribution < 1.29 is 14.3 Å². The first-order chi connectivity index (χ1) is 11.1. The van der Waals surface area contributed by atoms with E-state index in [2.05, 4.69) is 17.6 Å². The number of benzene rings is 1. The quantitative estimate of drug-likeness (QED) is 0.808. The van der Waals surface area contributed by atoms with Gasteiger partial charge in [-0.3, -0.25) is 9.59 Å². The number of nitrogens with one attached hydrogen (secondary N) is 2. The van der Waals surface area contributed by atoms with Crippen molar-refractivity contribution in [1.82, 2.24) is 10.6 Å². The fourth-order valence-electron chi connectivity index (χ4n) is 2.75. The van der Waals surface area contributed by atoms with Crippen molar-refractivity contribution in [3.63, 3.8) is 0 Å². The normalized spacial score (nSPS) is 20.7. The van der Waals surface area contributed by atoms with Gasteiger partial charge in [0.1, 0.15) is 11.8 Å². The van der Waals surface area contributed by atoms with E-state index in [1.54, 1.807) is 0 Å². The Morgan fingerprint density at radius 2 is 2.26 bits per heavy atom. The Balaban J connectivity index is 1.78. The van der Waals surface area contributed by atoms with Gasteiger partial charge in [-0.15, -0.1) is 0 Å². The minimum absolute atomic E-state index is 0.0373. The van der Waals surface area contributed by atoms with Crippen LogP contribution in [0.2, 0.25) is 0 Å². The zero-order valence-corrected chi connectivity index (χ0v) is 13.9. The summed E-state index contributed by atoms with van der Waals surface area (Å²) in [7, 11) is 0. The van der Waals surface area contributed by atoms with Crippen LogP contribution in [0.5, 0.6) is 5.75 Å². The lowest BCUT2D eigenvalue weighted by atomic mass is 9.93. The molecule has 1 aliphatic heterocycles. The van der Waals surface area contributed by atoms with Gasteiger partial charge in [0.25, 0.3) is 0 Å². The molecule has 23 heavy (non-hydrogen) atoms. The van der Waals surface area contributed by atoms with Crippen LogP contribution in [-0.4, -0.2) is 31.0 Å². The summed E-state index contributed by atoms with van der Waals surface area (Å²) in [6.45, 7) is 5.33. The topological polar surface area (TPSA) is 67.4 Å². The van der Waals surface area contributed by atoms with E-state index in [4.69, 9.17) is 4.74 Å². The Kier molecular flexibility index (Phi) is 6.44. The molecule has 0 aliphatic carbocycles. The highest BCUT2D eigenvalue weighted by Gasteiger charge is 2.28. The molecule has 2 amide bonds. The zero-order chi connectivity index (χ0) is 16.7. The molecule has 0 bridgehead atoms. The van der Waals surface area contributed by atoms with Crippen molar-refractivity contribution in [1.29, 1.82) is 0 Å². The molecular formula is C18H26N2O3. The largest absolute Gasteiger partial charge is 0.494 e. The van der Waals surface area contributed by atoms with Crippen LogP contribution in [0.3, 0.4) is 0 Å². The summed E-state index contributed by atoms with van der Waals surface area (Å²) in [5.74, 6) is 0.990. The van der Waals surface area contributed by atoms with Gasteiger partial charge in [-0.1, -0.05) is 26.0 Å². The Morgan fingerprint density at radius 3 is 3.00 bits per heavy atom. The molecular weight excluding hydrogens is 292 g/mol. The van der Waals surface area contributed by atoms with Gasteiger partial charge in [0.15, 0.2) is 0 Å². The smallest absolute Gasteiger partial charge is 0.242 e. The lowest BCUT2D eigenvalue weighted by Gasteiger charge is -2.26. The SMILES string of the molecule is CCCOc1cccc(CCNC(=O)[C@@H]2C[C@H](C)CC(=O)N2)c1. The Bertz CT molecular complexity index is 545. The Morgan fingerprint density at radius 1 is 1.43 bits per heavy atom. The summed E-state index contributed by atoms with van der Waals surface area (Å²) in [4.78, 5) is 23.6. The summed E-state index contributed by atoms with van der Waals surface area (Å²) >= 11 is 0. The minimum Gasteiger partial charge on any atom is -0.494 e. The van der Waals surface area contributed by atoms with Crippen molar-refractivity contribution in [2.45, 2.75) is 45.6 Å². The van der Waals surface area contributed by atoms with E-state index in [-0.39, 0.29) is 17.7 Å². The first kappa shape index (κ1) is 17.3. The van der Waals surface area contributed by atoms with Gasteiger partial charge in [0.05, 0.1) is 6.61 Å². The highest BCUT2D eigenvalue weighted by molar-refractivity contribution is 5.88. The molecule has 1 saturated heterocycles. The maximum absolute atomic E-state index is 12.1. The molecule has 1 aromatic carbocycles. The van der Waals surface area contributed by atoms with Crippen molar-refractivity contribution >= 4 is 11.8 Å². The molecule has 1 aromatic rings. The maximum Gasteiger partial charge on any atom is 0.242 e. The summed E-state index contributed by atoms with van der Waals surface area (Å²) in [6.07, 6.45) is 2.93. The first-order valence-electron chi connectivity index (χ1n) is 8.37. The minimum atomic E-state index is -0.398. The van der Waals surface area contributed by atoms with Crippen molar-refractivity contribution in [3.8, 4) is 5.75 Å². The van der Waals surface area contributed by atoms with Crippen molar-refractivity contribution in [3.05, 3.63) is 29.8 Å². The monoisotopic (exact) mass is 318 g/mol. The van der Waals surface area contributed by atoms with Gasteiger partial charge in [0.2, 0.25) is 11.8 Å². The molecule has 2 atom stereocenters. The third kappa shape index (κ3) is 5.58. The lowest BCUT2D eigenvalue weighted by Crippen LogP contribution is -2.51. The van der Waals surface area contributed by atoms with E-state index in [1.807, 2.05) is 31.2 Å². The van der Waals surface area contributed by atoms with Gasteiger partial charge in [-0.25, -0.2) is 0 Å². The number of carbonyl (C=O) groups excluding carboxylic acids is 2. The van der Waals surface area contributed by atoms with Gasteiger partial charge in [-0.2, -0.15) is 0 Å². The predicted octanol–water partition coefficient (Wildman–Crippen LogP) is 2.05. The van der Waals surface area contributed by atoms with E-state index >= 15 is 0 Å². The summed E-state index contributed by atoms with van der Waals surface area (Å²) in [5, 5.41) is 5.67. The molecule has 1 heterocycles. The molecule has 0 aromatic heterocycles. The van der Waals surface area contributed by atoms with Crippen LogP contribution in [0.15, 0.2) is 24.3 Å². The highest BCUT2D eigenvalue weighted by Crippen LogP contribution is 2.16. The van der Waals surface area contributed by atoms with E-state index < -0.39 is 6.04 Å².